The van der Waals surface area contributed by atoms with Gasteiger partial charge in [0.05, 0.1) is 10.5 Å². The van der Waals surface area contributed by atoms with Gasteiger partial charge in [-0.3, -0.25) is 4.79 Å². The molecule has 1 N–H and O–H groups in total. The highest BCUT2D eigenvalue weighted by atomic mass is 32.2. The SMILES string of the molecule is O=C(O)CC1CC2CCC(C1)S2(=O)=O. The van der Waals surface area contributed by atoms with E-state index in [1.807, 2.05) is 0 Å². The highest BCUT2D eigenvalue weighted by Crippen LogP contribution is 2.42. The smallest absolute Gasteiger partial charge is 0.303 e. The first kappa shape index (κ1) is 9.96. The standard InChI is InChI=1S/C9H14O4S/c10-9(11)5-6-3-7-1-2-8(4-6)14(7,12)13/h6-8H,1-5H2,(H,10,11). The quantitative estimate of drug-likeness (QED) is 0.744. The molecule has 0 aliphatic carbocycles. The minimum atomic E-state index is -2.89. The Bertz CT molecular complexity index is 326. The molecule has 0 saturated carbocycles. The molecule has 2 rings (SSSR count). The maximum atomic E-state index is 11.7. The summed E-state index contributed by atoms with van der Waals surface area (Å²) in [4.78, 5) is 10.5. The Kier molecular flexibility index (Phi) is 2.29. The van der Waals surface area contributed by atoms with Gasteiger partial charge in [-0.25, -0.2) is 8.42 Å². The largest absolute Gasteiger partial charge is 0.481 e. The molecule has 80 valence electrons. The Morgan fingerprint density at radius 1 is 1.21 bits per heavy atom. The van der Waals surface area contributed by atoms with Crippen molar-refractivity contribution in [3.8, 4) is 0 Å². The van der Waals surface area contributed by atoms with Crippen molar-refractivity contribution in [1.82, 2.24) is 0 Å². The molecule has 2 aliphatic heterocycles. The fourth-order valence-electron chi connectivity index (χ4n) is 2.73. The van der Waals surface area contributed by atoms with Crippen LogP contribution in [-0.4, -0.2) is 30.0 Å². The lowest BCUT2D eigenvalue weighted by Gasteiger charge is -2.26. The average Bonchev–Trinajstić information content (AvgIpc) is 2.30. The summed E-state index contributed by atoms with van der Waals surface area (Å²) in [5, 5.41) is 8.15. The molecule has 0 radical (unpaired) electrons. The second-order valence-electron chi connectivity index (χ2n) is 4.35. The van der Waals surface area contributed by atoms with Crippen molar-refractivity contribution in [1.29, 1.82) is 0 Å². The lowest BCUT2D eigenvalue weighted by Crippen LogP contribution is -2.33. The zero-order chi connectivity index (χ0) is 10.3. The summed E-state index contributed by atoms with van der Waals surface area (Å²) in [7, 11) is -2.89. The van der Waals surface area contributed by atoms with Crippen LogP contribution >= 0.6 is 0 Å². The van der Waals surface area contributed by atoms with E-state index in [0.717, 1.165) is 12.8 Å². The lowest BCUT2D eigenvalue weighted by atomic mass is 9.96. The highest BCUT2D eigenvalue weighted by Gasteiger charge is 2.46. The fraction of sp³-hybridized carbons (Fsp3) is 0.889. The number of carboxylic acid groups (broad SMARTS) is 1. The first-order valence-electron chi connectivity index (χ1n) is 4.94. The van der Waals surface area contributed by atoms with Gasteiger partial charge in [0.2, 0.25) is 0 Å². The van der Waals surface area contributed by atoms with Gasteiger partial charge in [-0.1, -0.05) is 0 Å². The van der Waals surface area contributed by atoms with Crippen LogP contribution in [0.4, 0.5) is 0 Å². The third-order valence-electron chi connectivity index (χ3n) is 3.40. The van der Waals surface area contributed by atoms with Crippen molar-refractivity contribution in [2.75, 3.05) is 0 Å². The summed E-state index contributed by atoms with van der Waals surface area (Å²) in [6.07, 6.45) is 2.73. The van der Waals surface area contributed by atoms with Gasteiger partial charge in [0, 0.05) is 6.42 Å². The molecule has 5 heteroatoms. The summed E-state index contributed by atoms with van der Waals surface area (Å²) in [5.41, 5.74) is 0. The second kappa shape index (κ2) is 3.22. The predicted octanol–water partition coefficient (Wildman–Crippen LogP) is 0.817. The number of hydrogen-bond acceptors (Lipinski definition) is 3. The molecule has 4 nitrogen and oxygen atoms in total. The van der Waals surface area contributed by atoms with E-state index in [2.05, 4.69) is 0 Å². The van der Waals surface area contributed by atoms with Gasteiger partial charge in [-0.15, -0.1) is 0 Å². The van der Waals surface area contributed by atoms with Crippen LogP contribution in [0.1, 0.15) is 32.1 Å². The second-order valence-corrected chi connectivity index (χ2v) is 6.86. The Balaban J connectivity index is 2.10. The zero-order valence-corrected chi connectivity index (χ0v) is 8.66. The Morgan fingerprint density at radius 2 is 1.71 bits per heavy atom. The normalized spacial score (nSPS) is 39.6. The van der Waals surface area contributed by atoms with Crippen molar-refractivity contribution >= 4 is 15.8 Å². The van der Waals surface area contributed by atoms with Crippen molar-refractivity contribution < 1.29 is 18.3 Å². The van der Waals surface area contributed by atoms with Crippen LogP contribution in [0, 0.1) is 5.92 Å². The summed E-state index contributed by atoms with van der Waals surface area (Å²) >= 11 is 0. The molecule has 0 aromatic rings. The van der Waals surface area contributed by atoms with Gasteiger partial charge in [0.15, 0.2) is 9.84 Å². The summed E-state index contributed by atoms with van der Waals surface area (Å²) in [5.74, 6) is -0.734. The number of sulfone groups is 1. The Hall–Kier alpha value is -0.580. The molecule has 2 saturated heterocycles. The number of fused-ring (bicyclic) bond motifs is 2. The molecule has 0 spiro atoms. The topological polar surface area (TPSA) is 71.4 Å². The van der Waals surface area contributed by atoms with E-state index < -0.39 is 15.8 Å². The molecular formula is C9H14O4S. The lowest BCUT2D eigenvalue weighted by molar-refractivity contribution is -0.138. The van der Waals surface area contributed by atoms with Crippen molar-refractivity contribution in [3.63, 3.8) is 0 Å². The van der Waals surface area contributed by atoms with E-state index in [1.165, 1.54) is 0 Å². The molecule has 2 atom stereocenters. The molecular weight excluding hydrogens is 204 g/mol. The molecule has 0 aromatic heterocycles. The number of rotatable bonds is 2. The number of carbonyl (C=O) groups is 1. The van der Waals surface area contributed by atoms with Crippen LogP contribution in [0.3, 0.4) is 0 Å². The van der Waals surface area contributed by atoms with Crippen molar-refractivity contribution in [2.45, 2.75) is 42.6 Å². The molecule has 0 aromatic carbocycles. The molecule has 14 heavy (non-hydrogen) atoms. The zero-order valence-electron chi connectivity index (χ0n) is 7.85. The van der Waals surface area contributed by atoms with Gasteiger partial charge < -0.3 is 5.11 Å². The highest BCUT2D eigenvalue weighted by molar-refractivity contribution is 7.93. The predicted molar refractivity (Wildman–Crippen MR) is 50.7 cm³/mol. The van der Waals surface area contributed by atoms with Crippen LogP contribution in [0.5, 0.6) is 0 Å². The number of hydrogen-bond donors (Lipinski definition) is 1. The Labute approximate surface area is 83.2 Å². The molecule has 2 heterocycles. The summed E-state index contributed by atoms with van der Waals surface area (Å²) < 4.78 is 23.3. The summed E-state index contributed by atoms with van der Waals surface area (Å²) in [6, 6.07) is 0. The molecule has 0 amide bonds. The van der Waals surface area contributed by atoms with Crippen molar-refractivity contribution in [2.24, 2.45) is 5.92 Å². The molecule has 2 unspecified atom stereocenters. The minimum absolute atomic E-state index is 0.0773. The van der Waals surface area contributed by atoms with E-state index in [9.17, 15) is 13.2 Å². The van der Waals surface area contributed by atoms with E-state index in [0.29, 0.717) is 12.8 Å². The van der Waals surface area contributed by atoms with Crippen LogP contribution in [-0.2, 0) is 14.6 Å². The molecule has 2 fully saturated rings. The van der Waals surface area contributed by atoms with E-state index in [-0.39, 0.29) is 22.8 Å². The van der Waals surface area contributed by atoms with Gasteiger partial charge in [0.25, 0.3) is 0 Å². The first-order valence-corrected chi connectivity index (χ1v) is 6.55. The van der Waals surface area contributed by atoms with Gasteiger partial charge >= 0.3 is 5.97 Å². The van der Waals surface area contributed by atoms with E-state index in [4.69, 9.17) is 5.11 Å². The van der Waals surface area contributed by atoms with Gasteiger partial charge in [-0.2, -0.15) is 0 Å². The molecule has 2 aliphatic rings. The van der Waals surface area contributed by atoms with Crippen LogP contribution in [0.2, 0.25) is 0 Å². The number of carboxylic acids is 1. The van der Waals surface area contributed by atoms with Gasteiger partial charge in [-0.05, 0) is 31.6 Å². The Morgan fingerprint density at radius 3 is 2.14 bits per heavy atom. The maximum absolute atomic E-state index is 11.7. The van der Waals surface area contributed by atoms with Crippen LogP contribution in [0.25, 0.3) is 0 Å². The average molecular weight is 218 g/mol. The van der Waals surface area contributed by atoms with Crippen molar-refractivity contribution in [3.05, 3.63) is 0 Å². The number of aliphatic carboxylic acids is 1. The fourth-order valence-corrected chi connectivity index (χ4v) is 5.28. The van der Waals surface area contributed by atoms with Crippen LogP contribution in [0.15, 0.2) is 0 Å². The third kappa shape index (κ3) is 1.54. The monoisotopic (exact) mass is 218 g/mol. The van der Waals surface area contributed by atoms with Crippen LogP contribution < -0.4 is 0 Å². The van der Waals surface area contributed by atoms with Gasteiger partial charge in [0.1, 0.15) is 0 Å². The van der Waals surface area contributed by atoms with E-state index >= 15 is 0 Å². The third-order valence-corrected chi connectivity index (χ3v) is 6.11. The first-order chi connectivity index (χ1) is 6.50. The van der Waals surface area contributed by atoms with E-state index in [1.54, 1.807) is 0 Å². The summed E-state index contributed by atoms with van der Waals surface area (Å²) in [6.45, 7) is 0. The maximum Gasteiger partial charge on any atom is 0.303 e. The molecule has 2 bridgehead atoms. The minimum Gasteiger partial charge on any atom is -0.481 e.